The van der Waals surface area contributed by atoms with Crippen molar-refractivity contribution in [1.82, 2.24) is 9.88 Å². The second-order valence-corrected chi connectivity index (χ2v) is 6.87. The molecular weight excluding hydrogens is 370 g/mol. The lowest BCUT2D eigenvalue weighted by Crippen LogP contribution is -3.12. The number of allylic oxidation sites excluding steroid dienone is 1. The van der Waals surface area contributed by atoms with Gasteiger partial charge in [-0.3, -0.25) is 14.6 Å². The number of carbonyl (C=O) groups is 2. The van der Waals surface area contributed by atoms with Gasteiger partial charge in [-0.25, -0.2) is 0 Å². The molecule has 2 aromatic rings. The number of hydrogen-bond donors (Lipinski definition) is 2. The third kappa shape index (κ3) is 4.46. The van der Waals surface area contributed by atoms with Gasteiger partial charge in [0, 0.05) is 12.4 Å². The van der Waals surface area contributed by atoms with Crippen molar-refractivity contribution in [2.45, 2.75) is 19.9 Å². The number of nitrogens with one attached hydrogen (secondary N) is 1. The molecule has 29 heavy (non-hydrogen) atoms. The van der Waals surface area contributed by atoms with Crippen LogP contribution in [0, 0.1) is 0 Å². The van der Waals surface area contributed by atoms with Crippen LogP contribution in [0.4, 0.5) is 0 Å². The van der Waals surface area contributed by atoms with Gasteiger partial charge in [-0.05, 0) is 49.8 Å². The molecule has 0 aromatic carbocycles. The molecule has 3 heterocycles. The minimum atomic E-state index is -0.667. The first-order chi connectivity index (χ1) is 14.1. The third-order valence-electron chi connectivity index (χ3n) is 5.22. The number of aliphatic hydroxyl groups excluding tert-OH is 1. The Morgan fingerprint density at radius 3 is 2.72 bits per heavy atom. The van der Waals surface area contributed by atoms with Gasteiger partial charge < -0.3 is 19.3 Å². The second-order valence-electron chi connectivity index (χ2n) is 6.87. The van der Waals surface area contributed by atoms with E-state index in [9.17, 15) is 14.7 Å². The van der Waals surface area contributed by atoms with Gasteiger partial charge in [-0.15, -0.1) is 0 Å². The summed E-state index contributed by atoms with van der Waals surface area (Å²) in [6.45, 7) is 7.21. The molecule has 152 valence electrons. The highest BCUT2D eigenvalue weighted by Crippen LogP contribution is 2.37. The van der Waals surface area contributed by atoms with E-state index < -0.39 is 23.5 Å². The van der Waals surface area contributed by atoms with Gasteiger partial charge in [0.05, 0.1) is 44.1 Å². The summed E-state index contributed by atoms with van der Waals surface area (Å²) in [5, 5.41) is 10.5. The van der Waals surface area contributed by atoms with E-state index in [4.69, 9.17) is 4.42 Å². The summed E-state index contributed by atoms with van der Waals surface area (Å²) in [6.07, 6.45) is 7.61. The molecule has 1 aliphatic heterocycles. The molecule has 0 saturated carbocycles. The Balaban J connectivity index is 1.92. The maximum atomic E-state index is 12.9. The smallest absolute Gasteiger partial charge is 0.290 e. The Hall–Kier alpha value is -3.19. The van der Waals surface area contributed by atoms with Crippen LogP contribution in [0.15, 0.2) is 64.7 Å². The summed E-state index contributed by atoms with van der Waals surface area (Å²) in [7, 11) is 0. The fourth-order valence-electron chi connectivity index (χ4n) is 3.54. The monoisotopic (exact) mass is 396 g/mol. The van der Waals surface area contributed by atoms with Gasteiger partial charge in [0.15, 0.2) is 11.5 Å². The molecule has 1 amide bonds. The van der Waals surface area contributed by atoms with Crippen molar-refractivity contribution in [3.8, 4) is 0 Å². The lowest BCUT2D eigenvalue weighted by atomic mass is 9.97. The minimum Gasteiger partial charge on any atom is -0.503 e. The van der Waals surface area contributed by atoms with Crippen molar-refractivity contribution in [3.63, 3.8) is 0 Å². The van der Waals surface area contributed by atoms with E-state index in [1.807, 2.05) is 6.07 Å². The minimum absolute atomic E-state index is 0.0698. The van der Waals surface area contributed by atoms with E-state index >= 15 is 0 Å². The van der Waals surface area contributed by atoms with Gasteiger partial charge in [0.2, 0.25) is 0 Å². The van der Waals surface area contributed by atoms with E-state index in [1.165, 1.54) is 23.3 Å². The van der Waals surface area contributed by atoms with Crippen LogP contribution in [-0.2, 0) is 9.59 Å². The van der Waals surface area contributed by atoms with E-state index in [-0.39, 0.29) is 5.57 Å². The van der Waals surface area contributed by atoms with Crippen molar-refractivity contribution in [1.29, 1.82) is 0 Å². The average molecular weight is 396 g/mol. The van der Waals surface area contributed by atoms with Crippen LogP contribution in [0.5, 0.6) is 0 Å². The quantitative estimate of drug-likeness (QED) is 0.629. The number of carbonyl (C=O) groups excluding carboxylic acids is 2. The zero-order chi connectivity index (χ0) is 20.8. The fourth-order valence-corrected chi connectivity index (χ4v) is 3.54. The van der Waals surface area contributed by atoms with Crippen LogP contribution in [0.25, 0.3) is 6.08 Å². The van der Waals surface area contributed by atoms with Crippen molar-refractivity contribution >= 4 is 17.8 Å². The van der Waals surface area contributed by atoms with Gasteiger partial charge >= 0.3 is 0 Å². The molecule has 1 atom stereocenters. The molecule has 7 heteroatoms. The number of likely N-dealkylation sites (N-methyl/N-ethyl adjacent to an activating group) is 1. The molecule has 0 unspecified atom stereocenters. The van der Waals surface area contributed by atoms with Crippen molar-refractivity contribution < 1.29 is 24.0 Å². The molecule has 0 saturated heterocycles. The van der Waals surface area contributed by atoms with Crippen LogP contribution >= 0.6 is 0 Å². The summed E-state index contributed by atoms with van der Waals surface area (Å²) in [4.78, 5) is 32.8. The van der Waals surface area contributed by atoms with E-state index in [2.05, 4.69) is 18.8 Å². The SMILES string of the molecule is CC[NH+](CC)CCN1C(=O)C(O)=C(C(=O)/C=C/c2ccco2)[C@@H]1c1cccnc1. The Morgan fingerprint density at radius 2 is 2.10 bits per heavy atom. The molecule has 0 aliphatic carbocycles. The normalized spacial score (nSPS) is 17.1. The number of rotatable bonds is 9. The second kappa shape index (κ2) is 9.34. The number of amides is 1. The largest absolute Gasteiger partial charge is 0.503 e. The van der Waals surface area contributed by atoms with Crippen LogP contribution in [0.3, 0.4) is 0 Å². The molecule has 0 radical (unpaired) electrons. The van der Waals surface area contributed by atoms with Crippen LogP contribution in [0.1, 0.15) is 31.2 Å². The molecular formula is C22H26N3O4+. The molecule has 1 aliphatic rings. The predicted octanol–water partition coefficient (Wildman–Crippen LogP) is 1.58. The molecule has 2 N–H and O–H groups in total. The highest BCUT2D eigenvalue weighted by molar-refractivity contribution is 6.14. The number of aliphatic hydroxyl groups is 1. The van der Waals surface area contributed by atoms with Crippen molar-refractivity contribution in [2.24, 2.45) is 0 Å². The highest BCUT2D eigenvalue weighted by atomic mass is 16.3. The van der Waals surface area contributed by atoms with Crippen molar-refractivity contribution in [2.75, 3.05) is 26.2 Å². The fraction of sp³-hybridized carbons (Fsp3) is 0.318. The molecule has 0 fully saturated rings. The first-order valence-corrected chi connectivity index (χ1v) is 9.80. The zero-order valence-corrected chi connectivity index (χ0v) is 16.7. The van der Waals surface area contributed by atoms with E-state index in [1.54, 1.807) is 35.5 Å². The van der Waals surface area contributed by atoms with Crippen LogP contribution in [-0.4, -0.2) is 52.9 Å². The van der Waals surface area contributed by atoms with Gasteiger partial charge in [-0.2, -0.15) is 0 Å². The topological polar surface area (TPSA) is 88.1 Å². The maximum Gasteiger partial charge on any atom is 0.290 e. The first kappa shape index (κ1) is 20.5. The van der Waals surface area contributed by atoms with Crippen molar-refractivity contribution in [3.05, 3.63) is 71.7 Å². The summed E-state index contributed by atoms with van der Waals surface area (Å²) >= 11 is 0. The molecule has 0 spiro atoms. The molecule has 2 aromatic heterocycles. The Bertz CT molecular complexity index is 899. The Kier molecular flexibility index (Phi) is 6.61. The highest BCUT2D eigenvalue weighted by Gasteiger charge is 2.43. The van der Waals surface area contributed by atoms with Crippen LogP contribution < -0.4 is 4.90 Å². The van der Waals surface area contributed by atoms with E-state index in [0.29, 0.717) is 17.9 Å². The number of quaternary nitrogens is 1. The Labute approximate surface area is 169 Å². The van der Waals surface area contributed by atoms with E-state index in [0.717, 1.165) is 19.6 Å². The lowest BCUT2D eigenvalue weighted by Gasteiger charge is -2.27. The van der Waals surface area contributed by atoms with Gasteiger partial charge in [0.1, 0.15) is 5.76 Å². The summed E-state index contributed by atoms with van der Waals surface area (Å²) in [5.41, 5.74) is 0.759. The zero-order valence-electron chi connectivity index (χ0n) is 16.7. The van der Waals surface area contributed by atoms with Crippen LogP contribution in [0.2, 0.25) is 0 Å². The number of pyridine rings is 1. The first-order valence-electron chi connectivity index (χ1n) is 9.80. The number of hydrogen-bond acceptors (Lipinski definition) is 5. The number of ketones is 1. The Morgan fingerprint density at radius 1 is 1.31 bits per heavy atom. The predicted molar refractivity (Wildman–Crippen MR) is 108 cm³/mol. The standard InChI is InChI=1S/C22H25N3O4/c1-3-24(4-2)12-13-25-20(16-7-5-11-23-15-16)19(21(27)22(25)28)18(26)10-9-17-8-6-14-29-17/h5-11,14-15,20,27H,3-4,12-13H2,1-2H3/p+1/b10-9+/t20-/m0/s1. The molecule has 0 bridgehead atoms. The maximum absolute atomic E-state index is 12.9. The lowest BCUT2D eigenvalue weighted by molar-refractivity contribution is -0.895. The number of furan rings is 1. The summed E-state index contributed by atoms with van der Waals surface area (Å²) in [6, 6.07) is 6.33. The third-order valence-corrected chi connectivity index (χ3v) is 5.22. The molecule has 7 nitrogen and oxygen atoms in total. The summed E-state index contributed by atoms with van der Waals surface area (Å²) in [5.74, 6) is -0.941. The summed E-state index contributed by atoms with van der Waals surface area (Å²) < 4.78 is 5.21. The molecule has 3 rings (SSSR count). The number of aromatic nitrogens is 1. The average Bonchev–Trinajstić information content (AvgIpc) is 3.35. The van der Waals surface area contributed by atoms with Gasteiger partial charge in [0.25, 0.3) is 5.91 Å². The van der Waals surface area contributed by atoms with Gasteiger partial charge in [-0.1, -0.05) is 6.07 Å². The number of nitrogens with zero attached hydrogens (tertiary/aromatic N) is 2.